The smallest absolute Gasteiger partial charge is 0.364 e. The van der Waals surface area contributed by atoms with E-state index in [-0.39, 0.29) is 0 Å². The second-order valence-electron chi connectivity index (χ2n) is 21.2. The summed E-state index contributed by atoms with van der Waals surface area (Å²) in [4.78, 5) is 63.3. The van der Waals surface area contributed by atoms with Crippen molar-refractivity contribution in [3.05, 3.63) is 0 Å². The summed E-state index contributed by atoms with van der Waals surface area (Å²) in [5, 5.41) is 214. The summed E-state index contributed by atoms with van der Waals surface area (Å²) in [6.45, 7) is -4.79. The Labute approximate surface area is 486 Å². The molecule has 6 rings (SSSR count). The predicted octanol–water partition coefficient (Wildman–Crippen LogP) is -15.3. The first-order chi connectivity index (χ1) is 40.5. The van der Waals surface area contributed by atoms with Crippen LogP contribution in [-0.4, -0.2) is 362 Å². The third-order valence-electron chi connectivity index (χ3n) is 15.1. The van der Waals surface area contributed by atoms with E-state index in [1.54, 1.807) is 0 Å². The average Bonchev–Trinajstić information content (AvgIpc) is 0.812. The number of amides is 4. The molecule has 6 saturated heterocycles. The van der Waals surface area contributed by atoms with Crippen LogP contribution in [0.15, 0.2) is 0 Å². The standard InChI is InChI=1S/C47H78N4O35/c1-12(58)48-24-31(68)28(65)17(6-53)78-43(24)83-37-20(9-56)81-45(35(72)40(37)86-47(46(74)75)4-15(61)23(51-22(63)10-57)39(85-47)27(64)16(62)5-52)82-36-19(8-55)80-42(25(32(36)69)49-13(2)59)76-11-21-30(67)38(26(41(73)77-21)50-14(3)60)84-44-34(71)33(70)29(66)18(7-54)79-44/h15-21,23-45,52-57,61-62,64-73H,4-11H2,1-3H3,(H,48,58)(H,49,59)(H,50,60)(H,51,63)(H,74,75)/t15-,16+,17+,18+,19+,20+,21+,23+,24+,25+,26+,27+,28-,29-,30-,31+,32+,33-,34+,35+,36+,37-,38+,39+,40+,41-,42?,43?,44?,45?,47?/m0/s1. The number of nitrogens with one attached hydrogen (secondary N) is 4. The van der Waals surface area contributed by atoms with Gasteiger partial charge in [-0.15, -0.1) is 0 Å². The fraction of sp³-hybridized carbons (Fsp3) is 0.894. The Bertz CT molecular complexity index is 2230. The lowest BCUT2D eigenvalue weighted by Gasteiger charge is -2.52. The van der Waals surface area contributed by atoms with Gasteiger partial charge in [0.2, 0.25) is 23.6 Å². The number of carbonyl (C=O) groups excluding carboxylic acids is 4. The minimum absolute atomic E-state index is 0.801. The van der Waals surface area contributed by atoms with Gasteiger partial charge in [-0.1, -0.05) is 0 Å². The summed E-state index contributed by atoms with van der Waals surface area (Å²) in [6.07, 6.45) is -54.9. The van der Waals surface area contributed by atoms with Crippen LogP contribution in [0.5, 0.6) is 0 Å². The molecule has 6 aliphatic rings. The van der Waals surface area contributed by atoms with Crippen molar-refractivity contribution in [1.82, 2.24) is 21.3 Å². The zero-order valence-electron chi connectivity index (χ0n) is 46.0. The van der Waals surface area contributed by atoms with E-state index in [0.29, 0.717) is 0 Å². The maximum absolute atomic E-state index is 13.6. The van der Waals surface area contributed by atoms with Crippen LogP contribution in [0.3, 0.4) is 0 Å². The molecule has 0 spiro atoms. The van der Waals surface area contributed by atoms with Gasteiger partial charge in [0.25, 0.3) is 5.79 Å². The molecule has 496 valence electrons. The molecule has 39 nitrogen and oxygen atoms in total. The number of carboxylic acids is 1. The number of aliphatic hydroxyl groups excluding tert-OH is 18. The summed E-state index contributed by atoms with van der Waals surface area (Å²) in [7, 11) is 0. The number of aliphatic carboxylic acids is 1. The first-order valence-electron chi connectivity index (χ1n) is 26.9. The van der Waals surface area contributed by atoms with Crippen molar-refractivity contribution < 1.29 is 173 Å². The highest BCUT2D eigenvalue weighted by Crippen LogP contribution is 2.41. The molecule has 6 heterocycles. The first-order valence-corrected chi connectivity index (χ1v) is 26.9. The van der Waals surface area contributed by atoms with Crippen molar-refractivity contribution in [2.75, 3.05) is 46.2 Å². The van der Waals surface area contributed by atoms with Gasteiger partial charge in [-0.05, 0) is 0 Å². The van der Waals surface area contributed by atoms with E-state index >= 15 is 0 Å². The molecule has 0 bridgehead atoms. The largest absolute Gasteiger partial charge is 0.477 e. The Morgan fingerprint density at radius 2 is 0.988 bits per heavy atom. The molecule has 0 radical (unpaired) electrons. The predicted molar refractivity (Wildman–Crippen MR) is 264 cm³/mol. The van der Waals surface area contributed by atoms with Gasteiger partial charge < -0.3 is 170 Å². The second-order valence-corrected chi connectivity index (χ2v) is 21.2. The van der Waals surface area contributed by atoms with Gasteiger partial charge in [-0.3, -0.25) is 19.2 Å². The normalized spacial score (nSPS) is 44.6. The quantitative estimate of drug-likeness (QED) is 0.0427. The van der Waals surface area contributed by atoms with E-state index < -0.39 is 272 Å². The zero-order chi connectivity index (χ0) is 64.0. The van der Waals surface area contributed by atoms with Crippen molar-refractivity contribution in [2.24, 2.45) is 0 Å². The maximum Gasteiger partial charge on any atom is 0.364 e. The molecule has 0 aromatic carbocycles. The van der Waals surface area contributed by atoms with Gasteiger partial charge in [-0.25, -0.2) is 4.79 Å². The number of carbonyl (C=O) groups is 5. The molecule has 0 aromatic rings. The maximum atomic E-state index is 13.6. The molecule has 0 aliphatic carbocycles. The van der Waals surface area contributed by atoms with Crippen molar-refractivity contribution in [3.63, 3.8) is 0 Å². The summed E-state index contributed by atoms with van der Waals surface area (Å²) >= 11 is 0. The van der Waals surface area contributed by atoms with Crippen LogP contribution in [-0.2, 0) is 76.1 Å². The average molecular weight is 1260 g/mol. The SMILES string of the molecule is CC(=O)N[C@@H]1[C@@H](OC2O[C@H](CO)[C@H](O)[C@H](O)[C@H]2O)[C@@H](O)[C@@H](COC2O[C@H](CO)[C@@H](OC3O[C@H](CO)[C@H](OC4O[C@H](CO)[C@H](O)[C@H](O)[C@H]4NC(C)=O)[C@H](OC4(C(=O)O)C[C@H](O)[C@@H](NC(=O)CO)[C@H]([C@H](O)[C@H](O)CO)O4)[C@H]3O)[C@H](O)[C@H]2NC(C)=O)O[C@@H]1O. The van der Waals surface area contributed by atoms with E-state index in [1.165, 1.54) is 0 Å². The van der Waals surface area contributed by atoms with Crippen LogP contribution in [0.4, 0.5) is 0 Å². The molecule has 31 atom stereocenters. The highest BCUT2D eigenvalue weighted by molar-refractivity contribution is 5.78. The summed E-state index contributed by atoms with van der Waals surface area (Å²) in [6, 6.07) is -7.22. The van der Waals surface area contributed by atoms with Gasteiger partial charge in [0.15, 0.2) is 31.5 Å². The Kier molecular flexibility index (Phi) is 25.5. The van der Waals surface area contributed by atoms with Crippen LogP contribution in [0.1, 0.15) is 27.2 Å². The Balaban J connectivity index is 1.33. The summed E-state index contributed by atoms with van der Waals surface area (Å²) < 4.78 is 64.0. The zero-order valence-corrected chi connectivity index (χ0v) is 46.0. The Hall–Kier alpha value is -3.81. The number of ether oxygens (including phenoxy) is 11. The topological polar surface area (TPSA) is 619 Å². The highest BCUT2D eigenvalue weighted by Gasteiger charge is 2.62. The van der Waals surface area contributed by atoms with Crippen LogP contribution >= 0.6 is 0 Å². The fourth-order valence-corrected chi connectivity index (χ4v) is 10.7. The fourth-order valence-electron chi connectivity index (χ4n) is 10.7. The molecule has 4 amide bonds. The van der Waals surface area contributed by atoms with Gasteiger partial charge in [-0.2, -0.15) is 0 Å². The van der Waals surface area contributed by atoms with Gasteiger partial charge in [0.1, 0.15) is 147 Å². The third-order valence-corrected chi connectivity index (χ3v) is 15.1. The van der Waals surface area contributed by atoms with E-state index in [2.05, 4.69) is 21.3 Å². The van der Waals surface area contributed by atoms with Gasteiger partial charge in [0, 0.05) is 27.2 Å². The lowest BCUT2D eigenvalue weighted by atomic mass is 9.88. The molecule has 23 N–H and O–H groups in total. The lowest BCUT2D eigenvalue weighted by Crippen LogP contribution is -2.72. The molecule has 0 saturated carbocycles. The minimum atomic E-state index is -3.42. The van der Waals surface area contributed by atoms with Crippen LogP contribution in [0.25, 0.3) is 0 Å². The van der Waals surface area contributed by atoms with E-state index in [0.717, 1.165) is 20.8 Å². The van der Waals surface area contributed by atoms with Crippen molar-refractivity contribution >= 4 is 29.6 Å². The van der Waals surface area contributed by atoms with Crippen molar-refractivity contribution in [1.29, 1.82) is 0 Å². The van der Waals surface area contributed by atoms with Crippen LogP contribution in [0, 0.1) is 0 Å². The molecule has 0 aromatic heterocycles. The Morgan fingerprint density at radius 3 is 1.53 bits per heavy atom. The Morgan fingerprint density at radius 1 is 0.500 bits per heavy atom. The third kappa shape index (κ3) is 15.8. The number of hydrogen-bond acceptors (Lipinski definition) is 34. The second kappa shape index (κ2) is 30.8. The molecule has 39 heteroatoms. The van der Waals surface area contributed by atoms with E-state index in [9.17, 15) is 121 Å². The van der Waals surface area contributed by atoms with Crippen LogP contribution < -0.4 is 21.3 Å². The van der Waals surface area contributed by atoms with E-state index in [4.69, 9.17) is 52.1 Å². The van der Waals surface area contributed by atoms with Gasteiger partial charge >= 0.3 is 5.97 Å². The molecule has 5 unspecified atom stereocenters. The minimum Gasteiger partial charge on any atom is -0.477 e. The molecular weight excluding hydrogens is 1180 g/mol. The molecule has 86 heavy (non-hydrogen) atoms. The highest BCUT2D eigenvalue weighted by atomic mass is 16.8. The van der Waals surface area contributed by atoms with Crippen molar-refractivity contribution in [3.8, 4) is 0 Å². The van der Waals surface area contributed by atoms with Crippen molar-refractivity contribution in [2.45, 2.75) is 217 Å². The number of rotatable bonds is 24. The number of aliphatic hydroxyl groups is 18. The monoisotopic (exact) mass is 1260 g/mol. The molecule has 6 fully saturated rings. The summed E-state index contributed by atoms with van der Waals surface area (Å²) in [5.74, 6) is -9.45. The summed E-state index contributed by atoms with van der Waals surface area (Å²) in [5.41, 5.74) is 0. The molecular formula is C47H78N4O35. The number of hydrogen-bond donors (Lipinski definition) is 23. The van der Waals surface area contributed by atoms with Crippen LogP contribution in [0.2, 0.25) is 0 Å². The number of carboxylic acid groups (broad SMARTS) is 1. The van der Waals surface area contributed by atoms with E-state index in [1.807, 2.05) is 0 Å². The first kappa shape index (κ1) is 71.3. The lowest BCUT2D eigenvalue weighted by molar-refractivity contribution is -0.399. The van der Waals surface area contributed by atoms with Gasteiger partial charge in [0.05, 0.1) is 51.8 Å². The molecule has 6 aliphatic heterocycles.